The van der Waals surface area contributed by atoms with Crippen molar-refractivity contribution in [3.05, 3.63) is 53.6 Å². The molecule has 0 aliphatic carbocycles. The highest BCUT2D eigenvalue weighted by atomic mass is 35.5. The minimum atomic E-state index is -0.563. The number of aromatic nitrogens is 3. The third-order valence-corrected chi connectivity index (χ3v) is 5.38. The van der Waals surface area contributed by atoms with Crippen molar-refractivity contribution in [1.29, 1.82) is 0 Å². The normalized spacial score (nSPS) is 14.5. The van der Waals surface area contributed by atoms with Crippen LogP contribution >= 0.6 is 11.6 Å². The van der Waals surface area contributed by atoms with E-state index in [4.69, 9.17) is 16.3 Å². The number of carbonyl (C=O) groups excluding carboxylic acids is 1. The Hall–Kier alpha value is -3.13. The summed E-state index contributed by atoms with van der Waals surface area (Å²) in [5, 5.41) is 8.30. The molecule has 0 atom stereocenters. The van der Waals surface area contributed by atoms with Crippen LogP contribution in [0.1, 0.15) is 20.8 Å². The summed E-state index contributed by atoms with van der Waals surface area (Å²) < 4.78 is 19.4. The molecule has 3 heterocycles. The molecule has 9 heteroatoms. The first-order valence-electron chi connectivity index (χ1n) is 10.4. The van der Waals surface area contributed by atoms with Gasteiger partial charge >= 0.3 is 6.09 Å². The number of carbonyl (C=O) groups is 1. The highest BCUT2D eigenvalue weighted by molar-refractivity contribution is 6.30. The van der Waals surface area contributed by atoms with E-state index in [2.05, 4.69) is 20.1 Å². The molecule has 1 saturated heterocycles. The van der Waals surface area contributed by atoms with Gasteiger partial charge in [-0.25, -0.2) is 9.78 Å². The number of halogens is 2. The third-order valence-electron chi connectivity index (χ3n) is 5.13. The van der Waals surface area contributed by atoms with Gasteiger partial charge < -0.3 is 14.5 Å². The molecule has 0 bridgehead atoms. The van der Waals surface area contributed by atoms with Crippen LogP contribution in [0.15, 0.2) is 42.6 Å². The number of hydrogen-bond acceptors (Lipinski definition) is 5. The first kappa shape index (κ1) is 22.1. The predicted octanol–water partition coefficient (Wildman–Crippen LogP) is 4.99. The quantitative estimate of drug-likeness (QED) is 0.561. The largest absolute Gasteiger partial charge is 0.444 e. The van der Waals surface area contributed by atoms with E-state index in [1.165, 1.54) is 12.3 Å². The van der Waals surface area contributed by atoms with Gasteiger partial charge in [-0.3, -0.25) is 5.10 Å². The summed E-state index contributed by atoms with van der Waals surface area (Å²) in [5.41, 5.74) is 2.55. The number of nitrogens with zero attached hydrogens (tertiary/aromatic N) is 4. The van der Waals surface area contributed by atoms with E-state index in [1.807, 2.05) is 32.9 Å². The fourth-order valence-corrected chi connectivity index (χ4v) is 3.77. The summed E-state index contributed by atoms with van der Waals surface area (Å²) in [6.45, 7) is 7.70. The molecule has 7 nitrogen and oxygen atoms in total. The van der Waals surface area contributed by atoms with E-state index < -0.39 is 11.5 Å². The lowest BCUT2D eigenvalue weighted by atomic mass is 10.0. The summed E-state index contributed by atoms with van der Waals surface area (Å²) in [6.07, 6.45) is 1.12. The van der Waals surface area contributed by atoms with Gasteiger partial charge in [-0.05, 0) is 44.5 Å². The summed E-state index contributed by atoms with van der Waals surface area (Å²) in [4.78, 5) is 19.9. The lowest BCUT2D eigenvalue weighted by Crippen LogP contribution is -2.50. The molecule has 0 radical (unpaired) electrons. The van der Waals surface area contributed by atoms with E-state index in [0.717, 1.165) is 16.8 Å². The van der Waals surface area contributed by atoms with Gasteiger partial charge in [0.2, 0.25) is 5.95 Å². The fraction of sp³-hybridized carbons (Fsp3) is 0.348. The second kappa shape index (κ2) is 8.78. The van der Waals surface area contributed by atoms with Gasteiger partial charge in [0.05, 0.1) is 11.3 Å². The van der Waals surface area contributed by atoms with Gasteiger partial charge in [-0.15, -0.1) is 0 Å². The molecule has 4 rings (SSSR count). The van der Waals surface area contributed by atoms with Crippen molar-refractivity contribution in [3.8, 4) is 22.4 Å². The Labute approximate surface area is 191 Å². The molecule has 0 spiro atoms. The van der Waals surface area contributed by atoms with Gasteiger partial charge in [0.25, 0.3) is 0 Å². The Bertz CT molecular complexity index is 1100. The van der Waals surface area contributed by atoms with Gasteiger partial charge in [0.15, 0.2) is 5.82 Å². The zero-order valence-electron chi connectivity index (χ0n) is 18.2. The molecule has 1 aromatic carbocycles. The van der Waals surface area contributed by atoms with Gasteiger partial charge in [0.1, 0.15) is 5.60 Å². The SMILES string of the molecule is CC(C)(C)OC(=O)N1CCN(c2n[nH]c(-c3ccc(Cl)cc3)c2-c2ccnc(F)c2)CC1. The molecular formula is C23H25ClFN5O2. The van der Waals surface area contributed by atoms with Crippen molar-refractivity contribution in [2.75, 3.05) is 31.1 Å². The molecule has 0 saturated carbocycles. The number of anilines is 1. The third kappa shape index (κ3) is 4.85. The van der Waals surface area contributed by atoms with E-state index >= 15 is 0 Å². The maximum atomic E-state index is 14.0. The number of rotatable bonds is 3. The van der Waals surface area contributed by atoms with Crippen LogP contribution < -0.4 is 4.90 Å². The van der Waals surface area contributed by atoms with Crippen molar-refractivity contribution >= 4 is 23.5 Å². The van der Waals surface area contributed by atoms with E-state index in [-0.39, 0.29) is 6.09 Å². The average Bonchev–Trinajstić information content (AvgIpc) is 3.18. The molecule has 0 unspecified atom stereocenters. The zero-order valence-corrected chi connectivity index (χ0v) is 19.0. The van der Waals surface area contributed by atoms with E-state index in [9.17, 15) is 9.18 Å². The van der Waals surface area contributed by atoms with Gasteiger partial charge in [0, 0.05) is 49.0 Å². The van der Waals surface area contributed by atoms with E-state index in [1.54, 1.807) is 23.1 Å². The Kier molecular flexibility index (Phi) is 6.06. The maximum Gasteiger partial charge on any atom is 0.410 e. The molecule has 2 aromatic heterocycles. The molecule has 32 heavy (non-hydrogen) atoms. The Balaban J connectivity index is 1.64. The van der Waals surface area contributed by atoms with Crippen LogP contribution in [0.3, 0.4) is 0 Å². The van der Waals surface area contributed by atoms with Crippen molar-refractivity contribution in [1.82, 2.24) is 20.1 Å². The molecule has 1 aliphatic rings. The van der Waals surface area contributed by atoms with Crippen LogP contribution in [0.4, 0.5) is 15.0 Å². The van der Waals surface area contributed by atoms with Gasteiger partial charge in [-0.1, -0.05) is 23.7 Å². The summed E-state index contributed by atoms with van der Waals surface area (Å²) in [7, 11) is 0. The molecule has 1 fully saturated rings. The van der Waals surface area contributed by atoms with Gasteiger partial charge in [-0.2, -0.15) is 9.49 Å². The van der Waals surface area contributed by atoms with Crippen molar-refractivity contribution in [2.45, 2.75) is 26.4 Å². The average molecular weight is 458 g/mol. The first-order chi connectivity index (χ1) is 15.2. The molecule has 168 valence electrons. The smallest absolute Gasteiger partial charge is 0.410 e. The Morgan fingerprint density at radius 1 is 1.09 bits per heavy atom. The molecule has 1 N–H and O–H groups in total. The predicted molar refractivity (Wildman–Crippen MR) is 122 cm³/mol. The number of pyridine rings is 1. The Morgan fingerprint density at radius 2 is 1.78 bits per heavy atom. The molecule has 1 amide bonds. The second-order valence-electron chi connectivity index (χ2n) is 8.63. The number of hydrogen-bond donors (Lipinski definition) is 1. The number of aromatic amines is 1. The van der Waals surface area contributed by atoms with Crippen molar-refractivity contribution < 1.29 is 13.9 Å². The Morgan fingerprint density at radius 3 is 2.41 bits per heavy atom. The summed E-state index contributed by atoms with van der Waals surface area (Å²) in [5.74, 6) is 0.135. The number of ether oxygens (including phenoxy) is 1. The maximum absolute atomic E-state index is 14.0. The number of nitrogens with one attached hydrogen (secondary N) is 1. The van der Waals surface area contributed by atoms with Crippen LogP contribution in [-0.2, 0) is 4.74 Å². The van der Waals surface area contributed by atoms with Crippen LogP contribution in [0, 0.1) is 5.95 Å². The second-order valence-corrected chi connectivity index (χ2v) is 9.06. The van der Waals surface area contributed by atoms with Crippen molar-refractivity contribution in [3.63, 3.8) is 0 Å². The molecule has 1 aliphatic heterocycles. The van der Waals surface area contributed by atoms with Crippen LogP contribution in [0.25, 0.3) is 22.4 Å². The number of H-pyrrole nitrogens is 1. The van der Waals surface area contributed by atoms with Crippen LogP contribution in [0.2, 0.25) is 5.02 Å². The molecule has 3 aromatic rings. The number of benzene rings is 1. The minimum Gasteiger partial charge on any atom is -0.444 e. The van der Waals surface area contributed by atoms with E-state index in [0.29, 0.717) is 42.6 Å². The zero-order chi connectivity index (χ0) is 22.9. The van der Waals surface area contributed by atoms with Crippen molar-refractivity contribution in [2.24, 2.45) is 0 Å². The van der Waals surface area contributed by atoms with Crippen LogP contribution in [0.5, 0.6) is 0 Å². The number of piperazine rings is 1. The summed E-state index contributed by atoms with van der Waals surface area (Å²) >= 11 is 6.05. The monoisotopic (exact) mass is 457 g/mol. The van der Waals surface area contributed by atoms with Crippen LogP contribution in [-0.4, -0.2) is 58.0 Å². The topological polar surface area (TPSA) is 74.3 Å². The fourth-order valence-electron chi connectivity index (χ4n) is 3.65. The summed E-state index contributed by atoms with van der Waals surface area (Å²) in [6, 6.07) is 10.5. The first-order valence-corrected chi connectivity index (χ1v) is 10.8. The minimum absolute atomic E-state index is 0.322. The highest BCUT2D eigenvalue weighted by Crippen LogP contribution is 2.38. The standard InChI is InChI=1S/C23H25ClFN5O2/c1-23(2,3)32-22(31)30-12-10-29(11-13-30)21-19(16-8-9-26-18(25)14-16)20(27-28-21)15-4-6-17(24)7-5-15/h4-9,14H,10-13H2,1-3H3,(H,27,28). The number of amides is 1. The highest BCUT2D eigenvalue weighted by Gasteiger charge is 2.29. The lowest BCUT2D eigenvalue weighted by Gasteiger charge is -2.36. The lowest BCUT2D eigenvalue weighted by molar-refractivity contribution is 0.0240. The molecular weight excluding hydrogens is 433 g/mol.